The number of amides is 1. The maximum Gasteiger partial charge on any atom is 0.241 e. The molecule has 1 aromatic carbocycles. The molecular weight excluding hydrogens is 257 g/mol. The molecule has 0 aliphatic carbocycles. The van der Waals surface area contributed by atoms with Gasteiger partial charge in [0.2, 0.25) is 5.91 Å². The first-order chi connectivity index (χ1) is 9.47. The van der Waals surface area contributed by atoms with E-state index in [2.05, 4.69) is 17.1 Å². The molecule has 3 N–H and O–H groups in total. The van der Waals surface area contributed by atoms with Gasteiger partial charge in [-0.25, -0.2) is 4.39 Å². The lowest BCUT2D eigenvalue weighted by Crippen LogP contribution is -2.45. The topological polar surface area (TPSA) is 58.4 Å². The Morgan fingerprint density at radius 3 is 2.75 bits per heavy atom. The number of nitrogens with one attached hydrogen (secondary N) is 1. The molecule has 4 nitrogen and oxygen atoms in total. The summed E-state index contributed by atoms with van der Waals surface area (Å²) in [5, 5.41) is 2.62. The van der Waals surface area contributed by atoms with Gasteiger partial charge in [-0.1, -0.05) is 6.92 Å². The predicted molar refractivity (Wildman–Crippen MR) is 78.9 cm³/mol. The molecule has 1 unspecified atom stereocenters. The van der Waals surface area contributed by atoms with Gasteiger partial charge in [0.1, 0.15) is 5.82 Å². The third kappa shape index (κ3) is 3.48. The third-order valence-corrected chi connectivity index (χ3v) is 3.99. The number of carbonyl (C=O) groups excluding carboxylic acids is 1. The zero-order valence-electron chi connectivity index (χ0n) is 12.0. The van der Waals surface area contributed by atoms with E-state index < -0.39 is 5.82 Å². The Balaban J connectivity index is 1.99. The molecule has 110 valence electrons. The second-order valence-corrected chi connectivity index (χ2v) is 5.62. The van der Waals surface area contributed by atoms with Crippen LogP contribution in [0.25, 0.3) is 0 Å². The Kier molecular flexibility index (Phi) is 4.60. The fourth-order valence-electron chi connectivity index (χ4n) is 2.46. The molecule has 0 radical (unpaired) electrons. The molecule has 1 aromatic rings. The second-order valence-electron chi connectivity index (χ2n) is 5.62. The number of piperidine rings is 1. The van der Waals surface area contributed by atoms with Crippen LogP contribution in [0.5, 0.6) is 0 Å². The van der Waals surface area contributed by atoms with Crippen LogP contribution in [-0.4, -0.2) is 29.9 Å². The van der Waals surface area contributed by atoms with Crippen LogP contribution in [0.1, 0.15) is 26.7 Å². The molecule has 2 rings (SSSR count). The van der Waals surface area contributed by atoms with Crippen molar-refractivity contribution in [3.63, 3.8) is 0 Å². The molecule has 20 heavy (non-hydrogen) atoms. The molecule has 1 fully saturated rings. The monoisotopic (exact) mass is 279 g/mol. The minimum Gasteiger partial charge on any atom is -0.399 e. The first kappa shape index (κ1) is 14.8. The number of likely N-dealkylation sites (tertiary alicyclic amines) is 1. The number of carbonyl (C=O) groups is 1. The molecule has 0 saturated carbocycles. The number of hydrogen-bond acceptors (Lipinski definition) is 3. The average molecular weight is 279 g/mol. The number of rotatable bonds is 3. The van der Waals surface area contributed by atoms with Gasteiger partial charge >= 0.3 is 0 Å². The van der Waals surface area contributed by atoms with Crippen molar-refractivity contribution >= 4 is 17.3 Å². The van der Waals surface area contributed by atoms with E-state index in [1.807, 2.05) is 6.92 Å². The van der Waals surface area contributed by atoms with Crippen LogP contribution in [0.3, 0.4) is 0 Å². The van der Waals surface area contributed by atoms with Crippen molar-refractivity contribution in [2.45, 2.75) is 32.7 Å². The fourth-order valence-corrected chi connectivity index (χ4v) is 2.46. The maximum absolute atomic E-state index is 13.6. The molecule has 1 heterocycles. The van der Waals surface area contributed by atoms with Crippen LogP contribution in [0.2, 0.25) is 0 Å². The normalized spacial score (nSPS) is 18.8. The summed E-state index contributed by atoms with van der Waals surface area (Å²) in [6, 6.07) is 3.92. The second kappa shape index (κ2) is 6.22. The smallest absolute Gasteiger partial charge is 0.241 e. The van der Waals surface area contributed by atoms with Crippen molar-refractivity contribution in [3.8, 4) is 0 Å². The average Bonchev–Trinajstić information content (AvgIpc) is 2.43. The first-order valence-electron chi connectivity index (χ1n) is 7.07. The molecular formula is C15H22FN3O. The SMILES string of the molecule is CC1CCN(C(C)C(=O)Nc2cc(N)ccc2F)CC1. The summed E-state index contributed by atoms with van der Waals surface area (Å²) in [5.41, 5.74) is 6.19. The largest absolute Gasteiger partial charge is 0.399 e. The van der Waals surface area contributed by atoms with Crippen molar-refractivity contribution in [2.24, 2.45) is 5.92 Å². The summed E-state index contributed by atoms with van der Waals surface area (Å²) >= 11 is 0. The lowest BCUT2D eigenvalue weighted by atomic mass is 9.98. The molecule has 0 spiro atoms. The zero-order chi connectivity index (χ0) is 14.7. The Morgan fingerprint density at radius 1 is 1.45 bits per heavy atom. The fraction of sp³-hybridized carbons (Fsp3) is 0.533. The van der Waals surface area contributed by atoms with Gasteiger partial charge in [-0.05, 0) is 57.0 Å². The van der Waals surface area contributed by atoms with Crippen molar-refractivity contribution in [3.05, 3.63) is 24.0 Å². The highest BCUT2D eigenvalue weighted by molar-refractivity contribution is 5.95. The summed E-state index contributed by atoms with van der Waals surface area (Å²) in [7, 11) is 0. The van der Waals surface area contributed by atoms with E-state index >= 15 is 0 Å². The van der Waals surface area contributed by atoms with Crippen LogP contribution < -0.4 is 11.1 Å². The standard InChI is InChI=1S/C15H22FN3O/c1-10-5-7-19(8-6-10)11(2)15(20)18-14-9-12(17)3-4-13(14)16/h3-4,9-11H,5-8,17H2,1-2H3,(H,18,20). The van der Waals surface area contributed by atoms with E-state index in [9.17, 15) is 9.18 Å². The Bertz CT molecular complexity index is 484. The van der Waals surface area contributed by atoms with E-state index in [0.717, 1.165) is 25.9 Å². The number of hydrogen-bond donors (Lipinski definition) is 2. The van der Waals surface area contributed by atoms with Gasteiger partial charge in [0.25, 0.3) is 0 Å². The van der Waals surface area contributed by atoms with Crippen LogP contribution in [0.4, 0.5) is 15.8 Å². The summed E-state index contributed by atoms with van der Waals surface area (Å²) < 4.78 is 13.6. The van der Waals surface area contributed by atoms with E-state index in [4.69, 9.17) is 5.73 Å². The Morgan fingerprint density at radius 2 is 2.10 bits per heavy atom. The van der Waals surface area contributed by atoms with Gasteiger partial charge < -0.3 is 11.1 Å². The van der Waals surface area contributed by atoms with Crippen molar-refractivity contribution in [2.75, 3.05) is 24.1 Å². The summed E-state index contributed by atoms with van der Waals surface area (Å²) in [6.07, 6.45) is 2.20. The number of benzene rings is 1. The molecule has 0 bridgehead atoms. The number of nitrogens with two attached hydrogens (primary N) is 1. The summed E-state index contributed by atoms with van der Waals surface area (Å²) in [6.45, 7) is 5.91. The van der Waals surface area contributed by atoms with Gasteiger partial charge in [0.15, 0.2) is 0 Å². The third-order valence-electron chi connectivity index (χ3n) is 3.99. The molecule has 1 aliphatic rings. The number of nitrogen functional groups attached to an aromatic ring is 1. The minimum absolute atomic E-state index is 0.146. The highest BCUT2D eigenvalue weighted by atomic mass is 19.1. The van der Waals surface area contributed by atoms with Crippen LogP contribution >= 0.6 is 0 Å². The molecule has 1 aliphatic heterocycles. The van der Waals surface area contributed by atoms with Crippen LogP contribution in [0.15, 0.2) is 18.2 Å². The number of halogens is 1. The first-order valence-corrected chi connectivity index (χ1v) is 7.07. The minimum atomic E-state index is -0.466. The number of nitrogens with zero attached hydrogens (tertiary/aromatic N) is 1. The highest BCUT2D eigenvalue weighted by Gasteiger charge is 2.25. The van der Waals surface area contributed by atoms with Gasteiger partial charge in [-0.2, -0.15) is 0 Å². The van der Waals surface area contributed by atoms with Gasteiger partial charge in [0, 0.05) is 5.69 Å². The van der Waals surface area contributed by atoms with Crippen LogP contribution in [-0.2, 0) is 4.79 Å². The molecule has 1 saturated heterocycles. The lowest BCUT2D eigenvalue weighted by molar-refractivity contribution is -0.121. The lowest BCUT2D eigenvalue weighted by Gasteiger charge is -2.34. The quantitative estimate of drug-likeness (QED) is 0.836. The van der Waals surface area contributed by atoms with Crippen molar-refractivity contribution < 1.29 is 9.18 Å². The van der Waals surface area contributed by atoms with Crippen molar-refractivity contribution in [1.29, 1.82) is 0 Å². The van der Waals surface area contributed by atoms with E-state index in [1.165, 1.54) is 18.2 Å². The number of anilines is 2. The van der Waals surface area contributed by atoms with Gasteiger partial charge in [-0.3, -0.25) is 9.69 Å². The summed E-state index contributed by atoms with van der Waals surface area (Å²) in [4.78, 5) is 14.3. The Hall–Kier alpha value is -1.62. The van der Waals surface area contributed by atoms with Gasteiger partial charge in [-0.15, -0.1) is 0 Å². The predicted octanol–water partition coefficient (Wildman–Crippen LogP) is 2.47. The summed E-state index contributed by atoms with van der Waals surface area (Å²) in [5.74, 6) is 0.0592. The molecule has 1 amide bonds. The molecule has 5 heteroatoms. The van der Waals surface area contributed by atoms with Crippen LogP contribution in [0, 0.1) is 11.7 Å². The zero-order valence-corrected chi connectivity index (χ0v) is 12.0. The van der Waals surface area contributed by atoms with Gasteiger partial charge in [0.05, 0.1) is 11.7 Å². The maximum atomic E-state index is 13.6. The molecule has 0 aromatic heterocycles. The highest BCUT2D eigenvalue weighted by Crippen LogP contribution is 2.20. The molecule has 1 atom stereocenters. The van der Waals surface area contributed by atoms with E-state index in [0.29, 0.717) is 11.6 Å². The van der Waals surface area contributed by atoms with E-state index in [-0.39, 0.29) is 17.6 Å². The van der Waals surface area contributed by atoms with E-state index in [1.54, 1.807) is 0 Å². The van der Waals surface area contributed by atoms with Crippen molar-refractivity contribution in [1.82, 2.24) is 4.90 Å². The Labute approximate surface area is 119 Å².